The molecule has 0 aliphatic carbocycles. The highest BCUT2D eigenvalue weighted by Crippen LogP contribution is 1.91. The van der Waals surface area contributed by atoms with E-state index in [1.54, 1.807) is 4.90 Å². The minimum absolute atomic E-state index is 0.0164. The molecule has 138 valence electrons. The van der Waals surface area contributed by atoms with Crippen LogP contribution in [0.5, 0.6) is 0 Å². The molecule has 0 saturated carbocycles. The van der Waals surface area contributed by atoms with E-state index in [-0.39, 0.29) is 33.0 Å². The fraction of sp³-hybridized carbons (Fsp3) is 0.929. The second-order valence-corrected chi connectivity index (χ2v) is 4.57. The van der Waals surface area contributed by atoms with E-state index in [9.17, 15) is 4.79 Å². The number of carboxylic acids is 1. The lowest BCUT2D eigenvalue weighted by Crippen LogP contribution is -2.35. The molecule has 0 spiro atoms. The van der Waals surface area contributed by atoms with Gasteiger partial charge in [-0.05, 0) is 0 Å². The fourth-order valence-corrected chi connectivity index (χ4v) is 1.62. The first-order valence-corrected chi connectivity index (χ1v) is 7.67. The molecule has 0 fully saturated rings. The van der Waals surface area contributed by atoms with Crippen molar-refractivity contribution in [1.82, 2.24) is 4.90 Å². The molecular formula is C14H29NO8. The zero-order valence-corrected chi connectivity index (χ0v) is 13.5. The Balaban J connectivity index is 3.62. The molecule has 0 aromatic carbocycles. The Morgan fingerprint density at radius 1 is 0.696 bits per heavy atom. The van der Waals surface area contributed by atoms with Crippen molar-refractivity contribution in [3.05, 3.63) is 0 Å². The predicted octanol–water partition coefficient (Wildman–Crippen LogP) is -1.58. The first-order valence-electron chi connectivity index (χ1n) is 7.67. The molecule has 23 heavy (non-hydrogen) atoms. The number of nitrogens with zero attached hydrogens (tertiary/aromatic N) is 1. The zero-order chi connectivity index (χ0) is 17.2. The topological polar surface area (TPSA) is 118 Å². The summed E-state index contributed by atoms with van der Waals surface area (Å²) >= 11 is 0. The third kappa shape index (κ3) is 17.4. The highest BCUT2D eigenvalue weighted by molar-refractivity contribution is 5.69. The summed E-state index contributed by atoms with van der Waals surface area (Å²) in [7, 11) is 0. The third-order valence-corrected chi connectivity index (χ3v) is 2.68. The van der Waals surface area contributed by atoms with E-state index in [1.165, 1.54) is 0 Å². The number of aliphatic carboxylic acids is 1. The lowest BCUT2D eigenvalue weighted by molar-refractivity contribution is -0.138. The van der Waals surface area contributed by atoms with E-state index in [2.05, 4.69) is 0 Å². The van der Waals surface area contributed by atoms with Gasteiger partial charge in [0.05, 0.1) is 72.6 Å². The largest absolute Gasteiger partial charge is 0.480 e. The van der Waals surface area contributed by atoms with E-state index in [0.717, 1.165) is 0 Å². The van der Waals surface area contributed by atoms with Gasteiger partial charge in [-0.2, -0.15) is 0 Å². The van der Waals surface area contributed by atoms with Crippen LogP contribution in [-0.4, -0.2) is 112 Å². The molecule has 0 radical (unpaired) electrons. The van der Waals surface area contributed by atoms with Gasteiger partial charge in [0.25, 0.3) is 0 Å². The lowest BCUT2D eigenvalue weighted by atomic mass is 10.4. The maximum Gasteiger partial charge on any atom is 0.317 e. The summed E-state index contributed by atoms with van der Waals surface area (Å²) in [5, 5.41) is 25.9. The number of ether oxygens (including phenoxy) is 4. The third-order valence-electron chi connectivity index (χ3n) is 2.68. The molecular weight excluding hydrogens is 310 g/mol. The number of rotatable bonds is 18. The van der Waals surface area contributed by atoms with Crippen molar-refractivity contribution in [3.8, 4) is 0 Å². The van der Waals surface area contributed by atoms with Gasteiger partial charge in [0.1, 0.15) is 0 Å². The van der Waals surface area contributed by atoms with Gasteiger partial charge in [-0.1, -0.05) is 0 Å². The first kappa shape index (κ1) is 22.2. The molecule has 0 atom stereocenters. The Hall–Kier alpha value is -0.810. The molecule has 0 unspecified atom stereocenters. The van der Waals surface area contributed by atoms with Crippen LogP contribution in [0.3, 0.4) is 0 Å². The monoisotopic (exact) mass is 339 g/mol. The smallest absolute Gasteiger partial charge is 0.317 e. The average Bonchev–Trinajstić information content (AvgIpc) is 2.52. The van der Waals surface area contributed by atoms with Gasteiger partial charge in [-0.15, -0.1) is 0 Å². The van der Waals surface area contributed by atoms with Crippen molar-refractivity contribution in [2.75, 3.05) is 85.7 Å². The molecule has 0 rings (SSSR count). The molecule has 0 aromatic heterocycles. The Bertz CT molecular complexity index is 249. The Morgan fingerprint density at radius 3 is 1.43 bits per heavy atom. The average molecular weight is 339 g/mol. The van der Waals surface area contributed by atoms with Crippen molar-refractivity contribution in [2.24, 2.45) is 0 Å². The molecule has 3 N–H and O–H groups in total. The maximum atomic E-state index is 10.8. The number of carbonyl (C=O) groups is 1. The van der Waals surface area contributed by atoms with Gasteiger partial charge in [0.15, 0.2) is 0 Å². The second-order valence-electron chi connectivity index (χ2n) is 4.57. The number of carboxylic acid groups (broad SMARTS) is 1. The summed E-state index contributed by atoms with van der Waals surface area (Å²) in [5.41, 5.74) is 0. The van der Waals surface area contributed by atoms with Crippen molar-refractivity contribution in [3.63, 3.8) is 0 Å². The van der Waals surface area contributed by atoms with Gasteiger partial charge in [0, 0.05) is 13.1 Å². The normalized spacial score (nSPS) is 11.3. The van der Waals surface area contributed by atoms with Gasteiger partial charge < -0.3 is 34.3 Å². The predicted molar refractivity (Wildman–Crippen MR) is 81.5 cm³/mol. The van der Waals surface area contributed by atoms with Crippen LogP contribution in [-0.2, 0) is 23.7 Å². The summed E-state index contributed by atoms with van der Waals surface area (Å²) in [6.07, 6.45) is 0. The van der Waals surface area contributed by atoms with Crippen molar-refractivity contribution >= 4 is 5.97 Å². The summed E-state index contributed by atoms with van der Waals surface area (Å²) in [5.74, 6) is -0.900. The number of aliphatic hydroxyl groups is 2. The summed E-state index contributed by atoms with van der Waals surface area (Å²) in [4.78, 5) is 12.5. The van der Waals surface area contributed by atoms with Gasteiger partial charge in [-0.25, -0.2) is 0 Å². The van der Waals surface area contributed by atoms with Crippen molar-refractivity contribution < 1.29 is 39.1 Å². The Morgan fingerprint density at radius 2 is 1.09 bits per heavy atom. The van der Waals surface area contributed by atoms with E-state index < -0.39 is 5.97 Å². The minimum Gasteiger partial charge on any atom is -0.480 e. The van der Waals surface area contributed by atoms with Crippen LogP contribution in [0.1, 0.15) is 0 Å². The van der Waals surface area contributed by atoms with Crippen LogP contribution in [0.4, 0.5) is 0 Å². The summed E-state index contributed by atoms with van der Waals surface area (Å²) in [6.45, 7) is 3.83. The van der Waals surface area contributed by atoms with E-state index >= 15 is 0 Å². The molecule has 0 aromatic rings. The van der Waals surface area contributed by atoms with Crippen LogP contribution in [0.2, 0.25) is 0 Å². The fourth-order valence-electron chi connectivity index (χ4n) is 1.62. The van der Waals surface area contributed by atoms with Crippen LogP contribution in [0.15, 0.2) is 0 Å². The van der Waals surface area contributed by atoms with Gasteiger partial charge >= 0.3 is 5.97 Å². The SMILES string of the molecule is O=C(O)CN(CCOCCOCCO)CCOCCOCCO. The number of hydrogen-bond donors (Lipinski definition) is 3. The Kier molecular flexibility index (Phi) is 16.9. The van der Waals surface area contributed by atoms with Crippen LogP contribution in [0, 0.1) is 0 Å². The molecule has 9 nitrogen and oxygen atoms in total. The molecule has 0 heterocycles. The molecule has 9 heteroatoms. The number of aliphatic hydroxyl groups excluding tert-OH is 2. The van der Waals surface area contributed by atoms with Crippen LogP contribution in [0.25, 0.3) is 0 Å². The molecule has 0 aliphatic rings. The standard InChI is InChI=1S/C14H29NO8/c16-3-7-22-11-9-20-5-1-15(13-14(18)19)2-6-21-10-12-23-8-4-17/h16-17H,1-13H2,(H,18,19). The molecule has 0 saturated heterocycles. The van der Waals surface area contributed by atoms with Gasteiger partial charge in [0.2, 0.25) is 0 Å². The van der Waals surface area contributed by atoms with E-state index in [1.807, 2.05) is 0 Å². The minimum atomic E-state index is -0.900. The molecule has 0 aliphatic heterocycles. The zero-order valence-electron chi connectivity index (χ0n) is 13.5. The summed E-state index contributed by atoms with van der Waals surface area (Å²) in [6, 6.07) is 0. The van der Waals surface area contributed by atoms with Crippen LogP contribution >= 0.6 is 0 Å². The quantitative estimate of drug-likeness (QED) is 0.254. The second kappa shape index (κ2) is 17.5. The van der Waals surface area contributed by atoms with Crippen molar-refractivity contribution in [2.45, 2.75) is 0 Å². The Labute approximate surface area is 136 Å². The van der Waals surface area contributed by atoms with Gasteiger partial charge in [-0.3, -0.25) is 9.69 Å². The van der Waals surface area contributed by atoms with E-state index in [0.29, 0.717) is 52.7 Å². The number of hydrogen-bond acceptors (Lipinski definition) is 8. The molecule has 0 amide bonds. The highest BCUT2D eigenvalue weighted by Gasteiger charge is 2.09. The molecule has 0 bridgehead atoms. The first-order chi connectivity index (χ1) is 11.2. The van der Waals surface area contributed by atoms with Crippen LogP contribution < -0.4 is 0 Å². The van der Waals surface area contributed by atoms with Crippen molar-refractivity contribution in [1.29, 1.82) is 0 Å². The summed E-state index contributed by atoms with van der Waals surface area (Å²) < 4.78 is 20.8. The highest BCUT2D eigenvalue weighted by atomic mass is 16.5. The maximum absolute atomic E-state index is 10.8. The lowest BCUT2D eigenvalue weighted by Gasteiger charge is -2.20. The van der Waals surface area contributed by atoms with E-state index in [4.69, 9.17) is 34.3 Å².